The molecule has 0 aliphatic heterocycles. The van der Waals surface area contributed by atoms with E-state index in [0.717, 1.165) is 18.2 Å². The first-order valence-corrected chi connectivity index (χ1v) is 6.14. The lowest BCUT2D eigenvalue weighted by molar-refractivity contribution is 0.171. The zero-order valence-corrected chi connectivity index (χ0v) is 10.8. The Bertz CT molecular complexity index is 566. The highest BCUT2D eigenvalue weighted by Crippen LogP contribution is 2.21. The van der Waals surface area contributed by atoms with Crippen molar-refractivity contribution in [3.63, 3.8) is 0 Å². The van der Waals surface area contributed by atoms with Gasteiger partial charge in [-0.1, -0.05) is 0 Å². The third kappa shape index (κ3) is 3.17. The minimum absolute atomic E-state index is 0.0425. The van der Waals surface area contributed by atoms with Gasteiger partial charge in [0.1, 0.15) is 11.6 Å². The van der Waals surface area contributed by atoms with Crippen LogP contribution in [0.2, 0.25) is 0 Å². The fraction of sp³-hybridized carbons (Fsp3) is 0.357. The zero-order chi connectivity index (χ0) is 14.0. The Hall–Kier alpha value is -1.75. The van der Waals surface area contributed by atoms with Crippen molar-refractivity contribution >= 4 is 0 Å². The van der Waals surface area contributed by atoms with Gasteiger partial charge in [0.05, 0.1) is 11.8 Å². The molecular formula is C14H16F2N2O. The number of benzene rings is 1. The first-order valence-electron chi connectivity index (χ1n) is 6.14. The second-order valence-electron chi connectivity index (χ2n) is 4.77. The van der Waals surface area contributed by atoms with Crippen molar-refractivity contribution < 1.29 is 13.9 Å². The summed E-state index contributed by atoms with van der Waals surface area (Å²) in [5.41, 5.74) is 0.601. The fourth-order valence-electron chi connectivity index (χ4n) is 1.85. The molecule has 5 heteroatoms. The van der Waals surface area contributed by atoms with Gasteiger partial charge in [-0.3, -0.25) is 4.68 Å². The molecule has 0 saturated heterocycles. The van der Waals surface area contributed by atoms with Gasteiger partial charge in [0.25, 0.3) is 0 Å². The van der Waals surface area contributed by atoms with Crippen LogP contribution in [-0.2, 0) is 6.42 Å². The molecule has 2 rings (SSSR count). The summed E-state index contributed by atoms with van der Waals surface area (Å²) in [4.78, 5) is 0. The Morgan fingerprint density at radius 3 is 2.63 bits per heavy atom. The van der Waals surface area contributed by atoms with E-state index in [4.69, 9.17) is 0 Å². The molecule has 1 heterocycles. The van der Waals surface area contributed by atoms with Crippen LogP contribution in [0.4, 0.5) is 8.78 Å². The highest BCUT2D eigenvalue weighted by atomic mass is 19.1. The molecule has 3 nitrogen and oxygen atoms in total. The van der Waals surface area contributed by atoms with Crippen molar-refractivity contribution in [1.29, 1.82) is 0 Å². The van der Waals surface area contributed by atoms with E-state index in [1.807, 2.05) is 13.8 Å². The molecule has 0 fully saturated rings. The number of hydrogen-bond acceptors (Lipinski definition) is 2. The molecule has 0 radical (unpaired) electrons. The van der Waals surface area contributed by atoms with E-state index < -0.39 is 17.7 Å². The fourth-order valence-corrected chi connectivity index (χ4v) is 1.85. The lowest BCUT2D eigenvalue weighted by atomic mass is 10.0. The number of aliphatic hydroxyl groups is 1. The molecule has 1 aromatic heterocycles. The average Bonchev–Trinajstić information content (AvgIpc) is 2.80. The minimum atomic E-state index is -1.11. The SMILES string of the molecule is CC(C)n1ccc(CC(O)c2cc(F)ccc2F)n1. The van der Waals surface area contributed by atoms with Gasteiger partial charge in [0.2, 0.25) is 0 Å². The predicted octanol–water partition coefficient (Wildman–Crippen LogP) is 3.02. The van der Waals surface area contributed by atoms with E-state index in [2.05, 4.69) is 5.10 Å². The second kappa shape index (κ2) is 5.48. The van der Waals surface area contributed by atoms with Gasteiger partial charge in [-0.15, -0.1) is 0 Å². The first kappa shape index (κ1) is 13.7. The van der Waals surface area contributed by atoms with Gasteiger partial charge in [0.15, 0.2) is 0 Å². The van der Waals surface area contributed by atoms with Crippen LogP contribution < -0.4 is 0 Å². The largest absolute Gasteiger partial charge is 0.388 e. The minimum Gasteiger partial charge on any atom is -0.388 e. The van der Waals surface area contributed by atoms with E-state index in [1.165, 1.54) is 0 Å². The van der Waals surface area contributed by atoms with Gasteiger partial charge in [-0.2, -0.15) is 5.10 Å². The monoisotopic (exact) mass is 266 g/mol. The van der Waals surface area contributed by atoms with Gasteiger partial charge >= 0.3 is 0 Å². The molecule has 1 unspecified atom stereocenters. The topological polar surface area (TPSA) is 38.0 Å². The van der Waals surface area contributed by atoms with Crippen LogP contribution in [0.25, 0.3) is 0 Å². The van der Waals surface area contributed by atoms with E-state index in [0.29, 0.717) is 5.69 Å². The number of hydrogen-bond donors (Lipinski definition) is 1. The van der Waals surface area contributed by atoms with Crippen LogP contribution in [0.5, 0.6) is 0 Å². The molecular weight excluding hydrogens is 250 g/mol. The van der Waals surface area contributed by atoms with Crippen molar-refractivity contribution in [2.75, 3.05) is 0 Å². The summed E-state index contributed by atoms with van der Waals surface area (Å²) in [5, 5.41) is 14.2. The Balaban J connectivity index is 2.15. The normalized spacial score (nSPS) is 12.9. The summed E-state index contributed by atoms with van der Waals surface area (Å²) in [6.45, 7) is 3.97. The highest BCUT2D eigenvalue weighted by molar-refractivity contribution is 5.22. The van der Waals surface area contributed by atoms with E-state index >= 15 is 0 Å². The number of aliphatic hydroxyl groups excluding tert-OH is 1. The highest BCUT2D eigenvalue weighted by Gasteiger charge is 2.16. The van der Waals surface area contributed by atoms with Crippen LogP contribution in [0.3, 0.4) is 0 Å². The lowest BCUT2D eigenvalue weighted by Gasteiger charge is -2.11. The average molecular weight is 266 g/mol. The maximum atomic E-state index is 13.5. The predicted molar refractivity (Wildman–Crippen MR) is 67.6 cm³/mol. The molecule has 19 heavy (non-hydrogen) atoms. The van der Waals surface area contributed by atoms with Crippen LogP contribution in [0.1, 0.15) is 37.3 Å². The summed E-state index contributed by atoms with van der Waals surface area (Å²) in [5.74, 6) is -1.18. The molecule has 0 aliphatic carbocycles. The summed E-state index contributed by atoms with van der Waals surface area (Å²) in [6, 6.07) is 5.04. The van der Waals surface area contributed by atoms with Crippen LogP contribution >= 0.6 is 0 Å². The van der Waals surface area contributed by atoms with E-state index in [9.17, 15) is 13.9 Å². The lowest BCUT2D eigenvalue weighted by Crippen LogP contribution is -2.07. The first-order chi connectivity index (χ1) is 8.97. The zero-order valence-electron chi connectivity index (χ0n) is 10.8. The molecule has 1 atom stereocenters. The summed E-state index contributed by atoms with van der Waals surface area (Å²) < 4.78 is 28.3. The molecule has 0 bridgehead atoms. The number of rotatable bonds is 4. The Morgan fingerprint density at radius 2 is 2.00 bits per heavy atom. The molecule has 0 spiro atoms. The molecule has 0 saturated carbocycles. The van der Waals surface area contributed by atoms with Gasteiger partial charge in [-0.05, 0) is 38.1 Å². The number of aromatic nitrogens is 2. The Kier molecular flexibility index (Phi) is 3.95. The van der Waals surface area contributed by atoms with Crippen molar-refractivity contribution in [2.45, 2.75) is 32.4 Å². The Labute approximate surface area is 110 Å². The van der Waals surface area contributed by atoms with Crippen LogP contribution in [0.15, 0.2) is 30.5 Å². The maximum Gasteiger partial charge on any atom is 0.129 e. The Morgan fingerprint density at radius 1 is 1.26 bits per heavy atom. The smallest absolute Gasteiger partial charge is 0.129 e. The van der Waals surface area contributed by atoms with Gasteiger partial charge < -0.3 is 5.11 Å². The van der Waals surface area contributed by atoms with Crippen molar-refractivity contribution in [1.82, 2.24) is 9.78 Å². The number of nitrogens with zero attached hydrogens (tertiary/aromatic N) is 2. The molecule has 2 aromatic rings. The third-order valence-corrected chi connectivity index (χ3v) is 2.91. The van der Waals surface area contributed by atoms with Crippen molar-refractivity contribution in [2.24, 2.45) is 0 Å². The van der Waals surface area contributed by atoms with Gasteiger partial charge in [0, 0.05) is 24.2 Å². The van der Waals surface area contributed by atoms with Crippen molar-refractivity contribution in [3.05, 3.63) is 53.4 Å². The summed E-state index contributed by atoms with van der Waals surface area (Å²) >= 11 is 0. The summed E-state index contributed by atoms with van der Waals surface area (Å²) in [6.07, 6.45) is 0.848. The van der Waals surface area contributed by atoms with Crippen molar-refractivity contribution in [3.8, 4) is 0 Å². The van der Waals surface area contributed by atoms with Gasteiger partial charge in [-0.25, -0.2) is 8.78 Å². The van der Waals surface area contributed by atoms with E-state index in [1.54, 1.807) is 16.9 Å². The maximum absolute atomic E-state index is 13.5. The van der Waals surface area contributed by atoms with E-state index in [-0.39, 0.29) is 18.0 Å². The standard InChI is InChI=1S/C14H16F2N2O/c1-9(2)18-6-5-11(17-18)8-14(19)12-7-10(15)3-4-13(12)16/h3-7,9,14,19H,8H2,1-2H3. The third-order valence-electron chi connectivity index (χ3n) is 2.91. The van der Waals surface area contributed by atoms with Crippen LogP contribution in [0, 0.1) is 11.6 Å². The quantitative estimate of drug-likeness (QED) is 0.923. The molecule has 1 aromatic carbocycles. The number of halogens is 2. The summed E-state index contributed by atoms with van der Waals surface area (Å²) in [7, 11) is 0. The molecule has 1 N–H and O–H groups in total. The molecule has 0 amide bonds. The second-order valence-corrected chi connectivity index (χ2v) is 4.77. The molecule has 0 aliphatic rings. The molecule has 102 valence electrons. The van der Waals surface area contributed by atoms with Crippen LogP contribution in [-0.4, -0.2) is 14.9 Å².